The third-order valence-electron chi connectivity index (χ3n) is 6.03. The first kappa shape index (κ1) is 25.3. The molecule has 36 heavy (non-hydrogen) atoms. The Morgan fingerprint density at radius 2 is 1.44 bits per heavy atom. The van der Waals surface area contributed by atoms with Crippen molar-refractivity contribution >= 4 is 5.91 Å². The number of benzene rings is 3. The zero-order chi connectivity index (χ0) is 25.3. The van der Waals surface area contributed by atoms with Crippen molar-refractivity contribution in [2.24, 2.45) is 5.92 Å². The van der Waals surface area contributed by atoms with Gasteiger partial charge in [0.25, 0.3) is 0 Å². The lowest BCUT2D eigenvalue weighted by molar-refractivity contribution is -0.123. The topological polar surface area (TPSA) is 66.9 Å². The molecule has 2 atom stereocenters. The zero-order valence-electron chi connectivity index (χ0n) is 21.2. The van der Waals surface area contributed by atoms with Crippen molar-refractivity contribution in [3.05, 3.63) is 120 Å². The van der Waals surface area contributed by atoms with Crippen LogP contribution in [0.4, 0.5) is 0 Å². The first-order valence-electron chi connectivity index (χ1n) is 12.5. The Bertz CT molecular complexity index is 1240. The lowest BCUT2D eigenvalue weighted by Gasteiger charge is -2.26. The van der Waals surface area contributed by atoms with Crippen LogP contribution in [-0.2, 0) is 11.3 Å². The first-order valence-corrected chi connectivity index (χ1v) is 12.5. The average Bonchev–Trinajstić information content (AvgIpc) is 2.90. The molecule has 1 amide bonds. The molecule has 0 aliphatic heterocycles. The average molecular weight is 479 g/mol. The summed E-state index contributed by atoms with van der Waals surface area (Å²) in [5, 5.41) is 6.74. The molecule has 0 saturated carbocycles. The third kappa shape index (κ3) is 6.86. The van der Waals surface area contributed by atoms with Crippen molar-refractivity contribution in [3.63, 3.8) is 0 Å². The van der Waals surface area contributed by atoms with Crippen LogP contribution >= 0.6 is 0 Å². The molecule has 1 heterocycles. The van der Waals surface area contributed by atoms with Gasteiger partial charge in [0.05, 0.1) is 17.8 Å². The SMILES string of the molecule is Cc1cc(-c2ccccc2)nc(C(N[C@@H](CC(C)C)C(=O)NCc2ccccc2)c2ccccc2)n1. The zero-order valence-corrected chi connectivity index (χ0v) is 21.2. The second kappa shape index (κ2) is 12.2. The van der Waals surface area contributed by atoms with Gasteiger partial charge in [-0.25, -0.2) is 9.97 Å². The Morgan fingerprint density at radius 3 is 2.08 bits per heavy atom. The van der Waals surface area contributed by atoms with E-state index in [1.807, 2.05) is 79.7 Å². The summed E-state index contributed by atoms with van der Waals surface area (Å²) < 4.78 is 0. The third-order valence-corrected chi connectivity index (χ3v) is 6.03. The second-order valence-corrected chi connectivity index (χ2v) is 9.51. The van der Waals surface area contributed by atoms with E-state index >= 15 is 0 Å². The predicted octanol–water partition coefficient (Wildman–Crippen LogP) is 5.86. The number of nitrogens with zero attached hydrogens (tertiary/aromatic N) is 2. The van der Waals surface area contributed by atoms with Crippen molar-refractivity contribution in [1.29, 1.82) is 0 Å². The van der Waals surface area contributed by atoms with Gasteiger partial charge in [0.2, 0.25) is 5.91 Å². The molecule has 0 spiro atoms. The normalized spacial score (nSPS) is 12.8. The Labute approximate surface area is 214 Å². The van der Waals surface area contributed by atoms with Crippen molar-refractivity contribution in [1.82, 2.24) is 20.6 Å². The van der Waals surface area contributed by atoms with Gasteiger partial charge in [0.15, 0.2) is 5.82 Å². The highest BCUT2D eigenvalue weighted by Crippen LogP contribution is 2.25. The molecule has 1 unspecified atom stereocenters. The Morgan fingerprint density at radius 1 is 0.833 bits per heavy atom. The minimum atomic E-state index is -0.400. The van der Waals surface area contributed by atoms with E-state index in [0.29, 0.717) is 24.7 Å². The standard InChI is InChI=1S/C31H34N4O/c1-22(2)19-28(31(36)32-21-24-13-7-4-8-14-24)34-29(26-17-11-6-12-18-26)30-33-23(3)20-27(35-30)25-15-9-5-10-16-25/h4-18,20,22,28-29,34H,19,21H2,1-3H3,(H,32,36)/t28-,29?/m0/s1. The molecule has 5 nitrogen and oxygen atoms in total. The summed E-state index contributed by atoms with van der Waals surface area (Å²) in [6.07, 6.45) is 0.696. The van der Waals surface area contributed by atoms with Gasteiger partial charge in [-0.3, -0.25) is 10.1 Å². The molecule has 0 radical (unpaired) electrons. The first-order chi connectivity index (χ1) is 17.5. The highest BCUT2D eigenvalue weighted by molar-refractivity contribution is 5.81. The minimum absolute atomic E-state index is 0.0237. The van der Waals surface area contributed by atoms with Gasteiger partial charge >= 0.3 is 0 Å². The van der Waals surface area contributed by atoms with Gasteiger partial charge in [-0.05, 0) is 36.5 Å². The van der Waals surface area contributed by atoms with Crippen LogP contribution in [0.15, 0.2) is 97.1 Å². The maximum absolute atomic E-state index is 13.4. The van der Waals surface area contributed by atoms with E-state index in [1.54, 1.807) is 0 Å². The fourth-order valence-corrected chi connectivity index (χ4v) is 4.27. The molecule has 0 fully saturated rings. The summed E-state index contributed by atoms with van der Waals surface area (Å²) in [7, 11) is 0. The summed E-state index contributed by atoms with van der Waals surface area (Å²) in [6, 6.07) is 31.5. The quantitative estimate of drug-likeness (QED) is 0.299. The maximum Gasteiger partial charge on any atom is 0.237 e. The van der Waals surface area contributed by atoms with Crippen LogP contribution in [-0.4, -0.2) is 21.9 Å². The molecule has 2 N–H and O–H groups in total. The monoisotopic (exact) mass is 478 g/mol. The van der Waals surface area contributed by atoms with E-state index in [2.05, 4.69) is 48.7 Å². The molecule has 1 aromatic heterocycles. The van der Waals surface area contributed by atoms with Gasteiger partial charge in [0, 0.05) is 17.8 Å². The summed E-state index contributed by atoms with van der Waals surface area (Å²) in [4.78, 5) is 23.2. The number of aromatic nitrogens is 2. The van der Waals surface area contributed by atoms with Crippen LogP contribution in [0.25, 0.3) is 11.3 Å². The van der Waals surface area contributed by atoms with Gasteiger partial charge in [-0.1, -0.05) is 105 Å². The number of carbonyl (C=O) groups excluding carboxylic acids is 1. The van der Waals surface area contributed by atoms with Crippen LogP contribution in [0, 0.1) is 12.8 Å². The maximum atomic E-state index is 13.4. The number of hydrogen-bond donors (Lipinski definition) is 2. The van der Waals surface area contributed by atoms with Crippen molar-refractivity contribution < 1.29 is 4.79 Å². The Hall–Kier alpha value is -3.83. The van der Waals surface area contributed by atoms with Crippen molar-refractivity contribution in [3.8, 4) is 11.3 Å². The largest absolute Gasteiger partial charge is 0.351 e. The summed E-state index contributed by atoms with van der Waals surface area (Å²) in [5.74, 6) is 0.966. The van der Waals surface area contributed by atoms with Crippen LogP contribution in [0.5, 0.6) is 0 Å². The highest BCUT2D eigenvalue weighted by Gasteiger charge is 2.27. The van der Waals surface area contributed by atoms with Crippen molar-refractivity contribution in [2.75, 3.05) is 0 Å². The molecular weight excluding hydrogens is 444 g/mol. The van der Waals surface area contributed by atoms with Crippen molar-refractivity contribution in [2.45, 2.75) is 45.8 Å². The second-order valence-electron chi connectivity index (χ2n) is 9.51. The summed E-state index contributed by atoms with van der Waals surface area (Å²) in [5.41, 5.74) is 4.88. The minimum Gasteiger partial charge on any atom is -0.351 e. The van der Waals surface area contributed by atoms with E-state index in [0.717, 1.165) is 28.1 Å². The number of amides is 1. The number of nitrogens with one attached hydrogen (secondary N) is 2. The molecule has 0 saturated heterocycles. The molecule has 5 heteroatoms. The number of rotatable bonds is 10. The predicted molar refractivity (Wildman–Crippen MR) is 145 cm³/mol. The van der Waals surface area contributed by atoms with E-state index in [-0.39, 0.29) is 11.9 Å². The van der Waals surface area contributed by atoms with Crippen LogP contribution < -0.4 is 10.6 Å². The molecule has 0 bridgehead atoms. The molecule has 0 aliphatic rings. The molecule has 4 aromatic rings. The number of aryl methyl sites for hydroxylation is 1. The van der Waals surface area contributed by atoms with E-state index < -0.39 is 6.04 Å². The van der Waals surface area contributed by atoms with E-state index in [4.69, 9.17) is 9.97 Å². The van der Waals surface area contributed by atoms with Gasteiger partial charge < -0.3 is 5.32 Å². The molecule has 184 valence electrons. The van der Waals surface area contributed by atoms with Crippen LogP contribution in [0.3, 0.4) is 0 Å². The van der Waals surface area contributed by atoms with Gasteiger partial charge in [0.1, 0.15) is 0 Å². The van der Waals surface area contributed by atoms with Gasteiger partial charge in [-0.15, -0.1) is 0 Å². The summed E-state index contributed by atoms with van der Waals surface area (Å²) in [6.45, 7) is 6.74. The number of carbonyl (C=O) groups is 1. The molecule has 3 aromatic carbocycles. The molecular formula is C31H34N4O. The Balaban J connectivity index is 1.65. The lowest BCUT2D eigenvalue weighted by Crippen LogP contribution is -2.46. The van der Waals surface area contributed by atoms with E-state index in [1.165, 1.54) is 0 Å². The highest BCUT2D eigenvalue weighted by atomic mass is 16.2. The summed E-state index contributed by atoms with van der Waals surface area (Å²) >= 11 is 0. The molecule has 0 aliphatic carbocycles. The Kier molecular flexibility index (Phi) is 8.58. The van der Waals surface area contributed by atoms with Crippen LogP contribution in [0.1, 0.15) is 49.0 Å². The smallest absolute Gasteiger partial charge is 0.237 e. The lowest BCUT2D eigenvalue weighted by atomic mass is 9.99. The van der Waals surface area contributed by atoms with Gasteiger partial charge in [-0.2, -0.15) is 0 Å². The van der Waals surface area contributed by atoms with E-state index in [9.17, 15) is 4.79 Å². The fraction of sp³-hybridized carbons (Fsp3) is 0.258. The van der Waals surface area contributed by atoms with Crippen LogP contribution in [0.2, 0.25) is 0 Å². The molecule has 4 rings (SSSR count). The number of hydrogen-bond acceptors (Lipinski definition) is 4. The fourth-order valence-electron chi connectivity index (χ4n) is 4.27.